The molecule has 3 rings (SSSR count). The number of rotatable bonds is 2. The number of nitro benzene ring substituents is 1. The molecule has 0 radical (unpaired) electrons. The van der Waals surface area contributed by atoms with Gasteiger partial charge in [0.25, 0.3) is 5.69 Å². The smallest absolute Gasteiger partial charge is 0.420 e. The second kappa shape index (κ2) is 5.34. The fourth-order valence-electron chi connectivity index (χ4n) is 2.66. The van der Waals surface area contributed by atoms with Crippen molar-refractivity contribution >= 4 is 39.1 Å². The molecule has 2 aromatic rings. The van der Waals surface area contributed by atoms with Gasteiger partial charge in [0.2, 0.25) is 0 Å². The van der Waals surface area contributed by atoms with Gasteiger partial charge in [-0.2, -0.15) is 0 Å². The standard InChI is InChI=1S/C16H13BrN2O4/c1-16(2)11-5-3-4-6-12(11)18(15(20)23-16)13-8-7-10(17)9-14(13)19(21)22/h3-9H,1-2H3. The number of hydrogen-bond donors (Lipinski definition) is 0. The van der Waals surface area contributed by atoms with Gasteiger partial charge in [0, 0.05) is 16.1 Å². The molecule has 1 aliphatic heterocycles. The van der Waals surface area contributed by atoms with Gasteiger partial charge in [0.15, 0.2) is 0 Å². The summed E-state index contributed by atoms with van der Waals surface area (Å²) >= 11 is 3.21. The van der Waals surface area contributed by atoms with E-state index < -0.39 is 16.6 Å². The van der Waals surface area contributed by atoms with Crippen LogP contribution in [0.15, 0.2) is 46.9 Å². The molecule has 0 spiro atoms. The van der Waals surface area contributed by atoms with Gasteiger partial charge in [-0.1, -0.05) is 34.1 Å². The summed E-state index contributed by atoms with van der Waals surface area (Å²) in [5.41, 5.74) is 0.571. The number of nitro groups is 1. The number of amides is 1. The Balaban J connectivity index is 2.25. The van der Waals surface area contributed by atoms with Crippen LogP contribution < -0.4 is 4.90 Å². The highest BCUT2D eigenvalue weighted by molar-refractivity contribution is 9.10. The first-order chi connectivity index (χ1) is 10.8. The number of carbonyl (C=O) groups excluding carboxylic acids is 1. The Labute approximate surface area is 140 Å². The molecule has 0 atom stereocenters. The maximum atomic E-state index is 12.5. The summed E-state index contributed by atoms with van der Waals surface area (Å²) in [7, 11) is 0. The lowest BCUT2D eigenvalue weighted by Crippen LogP contribution is -2.41. The van der Waals surface area contributed by atoms with Crippen LogP contribution in [0.5, 0.6) is 0 Å². The van der Waals surface area contributed by atoms with Crippen molar-refractivity contribution in [1.82, 2.24) is 0 Å². The first-order valence-electron chi connectivity index (χ1n) is 6.88. The molecule has 0 unspecified atom stereocenters. The molecule has 2 aromatic carbocycles. The quantitative estimate of drug-likeness (QED) is 0.552. The van der Waals surface area contributed by atoms with E-state index in [0.29, 0.717) is 10.2 Å². The molecule has 1 amide bonds. The molecule has 118 valence electrons. The minimum atomic E-state index is -0.797. The molecule has 0 aromatic heterocycles. The van der Waals surface area contributed by atoms with Crippen molar-refractivity contribution in [3.05, 3.63) is 62.6 Å². The molecule has 0 fully saturated rings. The van der Waals surface area contributed by atoms with Gasteiger partial charge in [-0.05, 0) is 32.0 Å². The van der Waals surface area contributed by atoms with E-state index in [0.717, 1.165) is 5.56 Å². The topological polar surface area (TPSA) is 72.7 Å². The lowest BCUT2D eigenvalue weighted by Gasteiger charge is -2.38. The van der Waals surface area contributed by atoms with Crippen molar-refractivity contribution in [2.24, 2.45) is 0 Å². The number of carbonyl (C=O) groups is 1. The Kier molecular flexibility index (Phi) is 3.60. The molecule has 0 saturated heterocycles. The second-order valence-electron chi connectivity index (χ2n) is 5.62. The van der Waals surface area contributed by atoms with Gasteiger partial charge in [0.05, 0.1) is 10.6 Å². The van der Waals surface area contributed by atoms with Crippen molar-refractivity contribution in [3.8, 4) is 0 Å². The van der Waals surface area contributed by atoms with Gasteiger partial charge in [-0.25, -0.2) is 9.69 Å². The number of anilines is 2. The average Bonchev–Trinajstić information content (AvgIpc) is 2.48. The summed E-state index contributed by atoms with van der Waals surface area (Å²) in [6.45, 7) is 3.58. The predicted molar refractivity (Wildman–Crippen MR) is 88.9 cm³/mol. The minimum Gasteiger partial charge on any atom is -0.438 e. The average molecular weight is 377 g/mol. The second-order valence-corrected chi connectivity index (χ2v) is 6.54. The third-order valence-electron chi connectivity index (χ3n) is 3.69. The molecular formula is C16H13BrN2O4. The number of halogens is 1. The van der Waals surface area contributed by atoms with Crippen molar-refractivity contribution in [1.29, 1.82) is 0 Å². The number of benzene rings is 2. The zero-order valence-electron chi connectivity index (χ0n) is 12.4. The molecule has 23 heavy (non-hydrogen) atoms. The summed E-state index contributed by atoms with van der Waals surface area (Å²) in [6.07, 6.45) is -0.640. The van der Waals surface area contributed by atoms with E-state index in [4.69, 9.17) is 4.74 Å². The summed E-state index contributed by atoms with van der Waals surface area (Å²) in [6, 6.07) is 11.8. The summed E-state index contributed by atoms with van der Waals surface area (Å²) in [5.74, 6) is 0. The monoisotopic (exact) mass is 376 g/mol. The van der Waals surface area contributed by atoms with E-state index in [1.165, 1.54) is 17.0 Å². The Morgan fingerprint density at radius 2 is 1.87 bits per heavy atom. The maximum Gasteiger partial charge on any atom is 0.420 e. The van der Waals surface area contributed by atoms with E-state index in [2.05, 4.69) is 15.9 Å². The normalized spacial score (nSPS) is 15.8. The van der Waals surface area contributed by atoms with Crippen LogP contribution >= 0.6 is 15.9 Å². The molecule has 7 heteroatoms. The van der Waals surface area contributed by atoms with Crippen LogP contribution in [-0.4, -0.2) is 11.0 Å². The van der Waals surface area contributed by atoms with Crippen molar-refractivity contribution in [2.75, 3.05) is 4.90 Å². The lowest BCUT2D eigenvalue weighted by molar-refractivity contribution is -0.384. The molecule has 0 bridgehead atoms. The fraction of sp³-hybridized carbons (Fsp3) is 0.188. The third kappa shape index (κ3) is 2.57. The molecular weight excluding hydrogens is 364 g/mol. The van der Waals surface area contributed by atoms with Gasteiger partial charge in [-0.3, -0.25) is 10.1 Å². The number of para-hydroxylation sites is 1. The lowest BCUT2D eigenvalue weighted by atomic mass is 9.94. The molecule has 1 aliphatic rings. The van der Waals surface area contributed by atoms with Gasteiger partial charge >= 0.3 is 6.09 Å². The molecule has 6 nitrogen and oxygen atoms in total. The fourth-order valence-corrected chi connectivity index (χ4v) is 3.00. The minimum absolute atomic E-state index is 0.172. The van der Waals surface area contributed by atoms with E-state index in [9.17, 15) is 14.9 Å². The zero-order chi connectivity index (χ0) is 16.8. The number of ether oxygens (including phenoxy) is 1. The van der Waals surface area contributed by atoms with Crippen LogP contribution in [0, 0.1) is 10.1 Å². The van der Waals surface area contributed by atoms with Crippen LogP contribution in [0.2, 0.25) is 0 Å². The summed E-state index contributed by atoms with van der Waals surface area (Å²) in [5, 5.41) is 11.4. The summed E-state index contributed by atoms with van der Waals surface area (Å²) < 4.78 is 6.05. The van der Waals surface area contributed by atoms with Crippen molar-refractivity contribution < 1.29 is 14.5 Å². The SMILES string of the molecule is CC1(C)OC(=O)N(c2ccc(Br)cc2[N+](=O)[O-])c2ccccc21. The Hall–Kier alpha value is -2.41. The van der Waals surface area contributed by atoms with Crippen LogP contribution in [0.3, 0.4) is 0 Å². The van der Waals surface area contributed by atoms with Crippen LogP contribution in [-0.2, 0) is 10.3 Å². The maximum absolute atomic E-state index is 12.5. The molecule has 0 aliphatic carbocycles. The molecule has 0 saturated carbocycles. The number of nitrogens with zero attached hydrogens (tertiary/aromatic N) is 2. The van der Waals surface area contributed by atoms with E-state index in [1.54, 1.807) is 32.0 Å². The van der Waals surface area contributed by atoms with Crippen molar-refractivity contribution in [3.63, 3.8) is 0 Å². The zero-order valence-corrected chi connectivity index (χ0v) is 14.0. The highest BCUT2D eigenvalue weighted by Crippen LogP contribution is 2.44. The first-order valence-corrected chi connectivity index (χ1v) is 7.67. The molecule has 1 heterocycles. The Morgan fingerprint density at radius 3 is 2.57 bits per heavy atom. The van der Waals surface area contributed by atoms with Gasteiger partial charge in [0.1, 0.15) is 11.3 Å². The third-order valence-corrected chi connectivity index (χ3v) is 4.19. The highest BCUT2D eigenvalue weighted by Gasteiger charge is 2.40. The number of cyclic esters (lactones) is 1. The van der Waals surface area contributed by atoms with Gasteiger partial charge in [-0.15, -0.1) is 0 Å². The van der Waals surface area contributed by atoms with E-state index in [1.807, 2.05) is 12.1 Å². The number of fused-ring (bicyclic) bond motifs is 1. The summed E-state index contributed by atoms with van der Waals surface area (Å²) in [4.78, 5) is 24.6. The molecule has 0 N–H and O–H groups in total. The Bertz CT molecular complexity index is 819. The van der Waals surface area contributed by atoms with Crippen molar-refractivity contribution in [2.45, 2.75) is 19.4 Å². The first kappa shape index (κ1) is 15.5. The van der Waals surface area contributed by atoms with Crippen LogP contribution in [0.25, 0.3) is 0 Å². The van der Waals surface area contributed by atoms with E-state index in [-0.39, 0.29) is 11.4 Å². The largest absolute Gasteiger partial charge is 0.438 e. The van der Waals surface area contributed by atoms with Crippen LogP contribution in [0.4, 0.5) is 21.9 Å². The predicted octanol–water partition coefficient (Wildman–Crippen LogP) is 4.88. The highest BCUT2D eigenvalue weighted by atomic mass is 79.9. The Morgan fingerprint density at radius 1 is 1.17 bits per heavy atom. The van der Waals surface area contributed by atoms with Crippen LogP contribution in [0.1, 0.15) is 19.4 Å². The van der Waals surface area contributed by atoms with Gasteiger partial charge < -0.3 is 4.74 Å². The van der Waals surface area contributed by atoms with E-state index >= 15 is 0 Å². The number of hydrogen-bond acceptors (Lipinski definition) is 4.